The average Bonchev–Trinajstić information content (AvgIpc) is 2.81. The quantitative estimate of drug-likeness (QED) is 0.514. The molecule has 31 heavy (non-hydrogen) atoms. The van der Waals surface area contributed by atoms with Crippen molar-refractivity contribution in [1.82, 2.24) is 14.5 Å². The van der Waals surface area contributed by atoms with E-state index in [2.05, 4.69) is 9.97 Å². The van der Waals surface area contributed by atoms with Crippen LogP contribution in [0, 0.1) is 0 Å². The number of fused-ring (bicyclic) bond motifs is 3. The molecule has 5 rings (SSSR count). The number of benzene rings is 2. The van der Waals surface area contributed by atoms with E-state index in [1.165, 1.54) is 10.9 Å². The molecule has 2 atom stereocenters. The molecule has 158 valence electrons. The van der Waals surface area contributed by atoms with Crippen LogP contribution in [-0.2, 0) is 17.8 Å². The summed E-state index contributed by atoms with van der Waals surface area (Å²) in [7, 11) is 0. The van der Waals surface area contributed by atoms with E-state index in [-0.39, 0.29) is 18.2 Å². The van der Waals surface area contributed by atoms with Crippen LogP contribution in [0.5, 0.6) is 0 Å². The third kappa shape index (κ3) is 3.60. The number of alkyl halides is 1. The number of aromatic nitrogens is 3. The van der Waals surface area contributed by atoms with Crippen molar-refractivity contribution in [2.24, 2.45) is 0 Å². The van der Waals surface area contributed by atoms with Crippen molar-refractivity contribution in [1.29, 1.82) is 0 Å². The van der Waals surface area contributed by atoms with E-state index in [0.717, 1.165) is 21.9 Å². The summed E-state index contributed by atoms with van der Waals surface area (Å²) in [5.41, 5.74) is 2.78. The first-order valence-corrected chi connectivity index (χ1v) is 10.3. The first-order valence-electron chi connectivity index (χ1n) is 10.3. The molecule has 1 N–H and O–H groups in total. The molecule has 3 heterocycles. The Morgan fingerprint density at radius 1 is 1.13 bits per heavy atom. The van der Waals surface area contributed by atoms with Crippen molar-refractivity contribution < 1.29 is 14.2 Å². The van der Waals surface area contributed by atoms with Gasteiger partial charge in [0.2, 0.25) is 0 Å². The normalized spacial score (nSPS) is 19.2. The Hall–Kier alpha value is -3.16. The number of nitrogens with zero attached hydrogens (tertiary/aromatic N) is 3. The third-order valence-corrected chi connectivity index (χ3v) is 5.94. The van der Waals surface area contributed by atoms with E-state index in [1.807, 2.05) is 36.4 Å². The summed E-state index contributed by atoms with van der Waals surface area (Å²) >= 11 is 0. The zero-order valence-electron chi connectivity index (χ0n) is 16.9. The first-order chi connectivity index (χ1) is 15.2. The fourth-order valence-corrected chi connectivity index (χ4v) is 4.33. The highest BCUT2D eigenvalue weighted by molar-refractivity contribution is 6.06. The van der Waals surface area contributed by atoms with Crippen molar-refractivity contribution in [2.75, 3.05) is 13.2 Å². The monoisotopic (exact) mass is 419 g/mol. The van der Waals surface area contributed by atoms with Gasteiger partial charge in [0.05, 0.1) is 41.7 Å². The molecule has 6 nitrogen and oxygen atoms in total. The van der Waals surface area contributed by atoms with E-state index in [4.69, 9.17) is 4.74 Å². The Morgan fingerprint density at radius 3 is 2.71 bits per heavy atom. The number of aliphatic hydroxyl groups excluding tert-OH is 1. The van der Waals surface area contributed by atoms with E-state index in [1.54, 1.807) is 12.3 Å². The van der Waals surface area contributed by atoms with Crippen molar-refractivity contribution in [3.05, 3.63) is 82.2 Å². The van der Waals surface area contributed by atoms with Crippen LogP contribution >= 0.6 is 0 Å². The van der Waals surface area contributed by atoms with Crippen LogP contribution in [0.15, 0.2) is 59.8 Å². The van der Waals surface area contributed by atoms with E-state index >= 15 is 0 Å². The second kappa shape index (κ2) is 8.17. The molecule has 0 amide bonds. The molecular formula is C24H22FN3O3. The molecule has 2 unspecified atom stereocenters. The highest BCUT2D eigenvalue weighted by Crippen LogP contribution is 2.28. The van der Waals surface area contributed by atoms with Gasteiger partial charge in [0.25, 0.3) is 5.56 Å². The standard InChI is InChI=1S/C24H22FN3O3/c25-11-17-6-5-15(12-26-17)9-16-10-20-23(19-4-2-1-3-18(16)19)27-14-28(24(20)30)21-7-8-31-13-22(21)29/h1-6,10,12,14,21-22,29H,7-9,11,13H2. The second-order valence-corrected chi connectivity index (χ2v) is 7.90. The summed E-state index contributed by atoms with van der Waals surface area (Å²) < 4.78 is 19.6. The van der Waals surface area contributed by atoms with E-state index in [0.29, 0.717) is 36.0 Å². The number of halogens is 1. The van der Waals surface area contributed by atoms with Crippen LogP contribution in [0.2, 0.25) is 0 Å². The highest BCUT2D eigenvalue weighted by Gasteiger charge is 2.27. The summed E-state index contributed by atoms with van der Waals surface area (Å²) in [6.07, 6.45) is 3.58. The van der Waals surface area contributed by atoms with Crippen molar-refractivity contribution in [3.63, 3.8) is 0 Å². The smallest absolute Gasteiger partial charge is 0.261 e. The van der Waals surface area contributed by atoms with Gasteiger partial charge >= 0.3 is 0 Å². The van der Waals surface area contributed by atoms with Gasteiger partial charge in [-0.3, -0.25) is 14.3 Å². The third-order valence-electron chi connectivity index (χ3n) is 5.94. The molecule has 0 spiro atoms. The molecule has 1 aliphatic heterocycles. The predicted octanol–water partition coefficient (Wildman–Crippen LogP) is 3.33. The number of ether oxygens (including phenoxy) is 1. The molecule has 1 fully saturated rings. The Morgan fingerprint density at radius 2 is 1.97 bits per heavy atom. The zero-order chi connectivity index (χ0) is 21.4. The van der Waals surface area contributed by atoms with Gasteiger partial charge in [0.15, 0.2) is 0 Å². The lowest BCUT2D eigenvalue weighted by Gasteiger charge is -2.29. The molecule has 0 aliphatic carbocycles. The van der Waals surface area contributed by atoms with Gasteiger partial charge in [-0.15, -0.1) is 0 Å². The number of pyridine rings is 1. The topological polar surface area (TPSA) is 77.2 Å². The van der Waals surface area contributed by atoms with Crippen LogP contribution in [0.1, 0.15) is 29.3 Å². The number of hydrogen-bond donors (Lipinski definition) is 1. The zero-order valence-corrected chi connectivity index (χ0v) is 16.9. The summed E-state index contributed by atoms with van der Waals surface area (Å²) in [4.78, 5) is 22.2. The summed E-state index contributed by atoms with van der Waals surface area (Å²) in [5, 5.41) is 12.8. The fraction of sp³-hybridized carbons (Fsp3) is 0.292. The van der Waals surface area contributed by atoms with Gasteiger partial charge in [-0.2, -0.15) is 0 Å². The Balaban J connectivity index is 1.67. The average molecular weight is 419 g/mol. The van der Waals surface area contributed by atoms with Crippen LogP contribution in [-0.4, -0.2) is 39.0 Å². The van der Waals surface area contributed by atoms with Gasteiger partial charge < -0.3 is 9.84 Å². The number of hydrogen-bond acceptors (Lipinski definition) is 5. The molecule has 4 aromatic rings. The molecule has 0 bridgehead atoms. The van der Waals surface area contributed by atoms with Crippen LogP contribution in [0.3, 0.4) is 0 Å². The molecule has 0 saturated carbocycles. The van der Waals surface area contributed by atoms with Crippen molar-refractivity contribution >= 4 is 21.7 Å². The Kier molecular flexibility index (Phi) is 5.21. The molecule has 1 saturated heterocycles. The van der Waals surface area contributed by atoms with Gasteiger partial charge in [0, 0.05) is 18.2 Å². The molecule has 2 aromatic heterocycles. The number of aliphatic hydroxyl groups is 1. The Bertz CT molecular complexity index is 1300. The van der Waals surface area contributed by atoms with E-state index < -0.39 is 12.8 Å². The van der Waals surface area contributed by atoms with Gasteiger partial charge in [-0.25, -0.2) is 9.37 Å². The fourth-order valence-electron chi connectivity index (χ4n) is 4.33. The van der Waals surface area contributed by atoms with Gasteiger partial charge in [-0.1, -0.05) is 30.3 Å². The SMILES string of the molecule is O=c1c2cc(Cc3ccc(CF)nc3)c3ccccc3c2ncn1C1CCOCC1O. The predicted molar refractivity (Wildman–Crippen MR) is 116 cm³/mol. The molecule has 1 aliphatic rings. The number of rotatable bonds is 4. The minimum absolute atomic E-state index is 0.172. The van der Waals surface area contributed by atoms with Crippen molar-refractivity contribution in [2.45, 2.75) is 31.7 Å². The molecule has 0 radical (unpaired) electrons. The Labute approximate surface area is 178 Å². The maximum Gasteiger partial charge on any atom is 0.261 e. The molecular weight excluding hydrogens is 397 g/mol. The van der Waals surface area contributed by atoms with Crippen LogP contribution in [0.25, 0.3) is 21.7 Å². The first kappa shape index (κ1) is 19.8. The van der Waals surface area contributed by atoms with Gasteiger partial charge in [0.1, 0.15) is 6.67 Å². The van der Waals surface area contributed by atoms with Gasteiger partial charge in [-0.05, 0) is 41.5 Å². The highest BCUT2D eigenvalue weighted by atomic mass is 19.1. The van der Waals surface area contributed by atoms with Crippen LogP contribution < -0.4 is 5.56 Å². The minimum Gasteiger partial charge on any atom is -0.389 e. The van der Waals surface area contributed by atoms with Crippen LogP contribution in [0.4, 0.5) is 4.39 Å². The lowest BCUT2D eigenvalue weighted by atomic mass is 9.96. The maximum atomic E-state index is 13.4. The lowest BCUT2D eigenvalue weighted by Crippen LogP contribution is -2.39. The van der Waals surface area contributed by atoms with E-state index in [9.17, 15) is 14.3 Å². The minimum atomic E-state index is -0.745. The maximum absolute atomic E-state index is 13.4. The summed E-state index contributed by atoms with van der Waals surface area (Å²) in [6, 6.07) is 12.9. The largest absolute Gasteiger partial charge is 0.389 e. The molecule has 7 heteroatoms. The second-order valence-electron chi connectivity index (χ2n) is 7.90. The lowest BCUT2D eigenvalue weighted by molar-refractivity contribution is -0.0395. The summed E-state index contributed by atoms with van der Waals surface area (Å²) in [5.74, 6) is 0. The van der Waals surface area contributed by atoms with Crippen molar-refractivity contribution in [3.8, 4) is 0 Å². The molecule has 2 aromatic carbocycles. The summed E-state index contributed by atoms with van der Waals surface area (Å²) in [6.45, 7) is 0.111.